The lowest BCUT2D eigenvalue weighted by Gasteiger charge is -2.37. The molecule has 10 heteroatoms. The number of anilines is 1. The van der Waals surface area contributed by atoms with Gasteiger partial charge in [0.2, 0.25) is 0 Å². The highest BCUT2D eigenvalue weighted by molar-refractivity contribution is 5.81. The minimum atomic E-state index is -0.567. The molecule has 6 rings (SSSR count). The number of benzene rings is 4. The van der Waals surface area contributed by atoms with Crippen LogP contribution in [0.1, 0.15) is 39.2 Å². The number of nitro groups is 1. The molecule has 0 spiro atoms. The van der Waals surface area contributed by atoms with E-state index < -0.39 is 5.60 Å². The van der Waals surface area contributed by atoms with Crippen LogP contribution in [0.3, 0.4) is 0 Å². The van der Waals surface area contributed by atoms with Crippen molar-refractivity contribution < 1.29 is 19.2 Å². The van der Waals surface area contributed by atoms with Crippen LogP contribution in [0.25, 0.3) is 22.4 Å². The quantitative estimate of drug-likeness (QED) is 0.120. The Hall–Kier alpha value is -5.38. The predicted octanol–water partition coefficient (Wildman–Crippen LogP) is 8.17. The number of amides is 1. The summed E-state index contributed by atoms with van der Waals surface area (Å²) in [4.78, 5) is 30.8. The second-order valence-corrected chi connectivity index (χ2v) is 13.2. The molecule has 1 aromatic heterocycles. The maximum atomic E-state index is 12.7. The average molecular weight is 648 g/mol. The fraction of sp³-hybridized carbons (Fsp3) is 0.316. The zero-order chi connectivity index (χ0) is 33.7. The lowest BCUT2D eigenvalue weighted by Crippen LogP contribution is -2.46. The number of piperidine rings is 1. The standard InChI is InChI=1S/C38H41N5O5/c1-38(2,3)48-37(44)41-23-21-28(22-24-41)33(39-32-14-8-10-16-35(32)43(45)46)26-47-30-19-17-29(18-20-30)36-40-31-13-7-9-15-34(31)42(36)25-27-11-5-4-6-12-27/h4-20,28,33,39H,21-26H2,1-3H3/t33-/m1/s1. The van der Waals surface area contributed by atoms with Crippen molar-refractivity contribution in [3.8, 4) is 17.1 Å². The second-order valence-electron chi connectivity index (χ2n) is 13.2. The number of carbonyl (C=O) groups excluding carboxylic acids is 1. The minimum absolute atomic E-state index is 0.0106. The van der Waals surface area contributed by atoms with Crippen molar-refractivity contribution in [2.24, 2.45) is 5.92 Å². The van der Waals surface area contributed by atoms with Crippen LogP contribution in [0.15, 0.2) is 103 Å². The zero-order valence-electron chi connectivity index (χ0n) is 27.5. The molecule has 0 radical (unpaired) electrons. The van der Waals surface area contributed by atoms with Gasteiger partial charge in [-0.15, -0.1) is 0 Å². The summed E-state index contributed by atoms with van der Waals surface area (Å²) in [5.41, 5.74) is 4.05. The molecule has 1 N–H and O–H groups in total. The van der Waals surface area contributed by atoms with Crippen molar-refractivity contribution in [1.29, 1.82) is 0 Å². The van der Waals surface area contributed by atoms with Crippen LogP contribution in [-0.4, -0.2) is 56.8 Å². The smallest absolute Gasteiger partial charge is 0.410 e. The molecule has 1 saturated heterocycles. The Kier molecular flexibility index (Phi) is 9.61. The normalized spacial score (nSPS) is 14.4. The Labute approximate surface area is 280 Å². The molecule has 0 unspecified atom stereocenters. The first kappa shape index (κ1) is 32.6. The van der Waals surface area contributed by atoms with E-state index in [1.54, 1.807) is 23.1 Å². The van der Waals surface area contributed by atoms with E-state index in [-0.39, 0.29) is 35.3 Å². The Bertz CT molecular complexity index is 1860. The number of hydrogen-bond acceptors (Lipinski definition) is 7. The summed E-state index contributed by atoms with van der Waals surface area (Å²) in [6.45, 7) is 7.62. The number of ether oxygens (including phenoxy) is 2. The number of likely N-dealkylation sites (tertiary alicyclic amines) is 1. The van der Waals surface area contributed by atoms with Crippen LogP contribution < -0.4 is 10.1 Å². The maximum Gasteiger partial charge on any atom is 0.410 e. The number of carbonyl (C=O) groups is 1. The van der Waals surface area contributed by atoms with Gasteiger partial charge in [0.05, 0.1) is 22.0 Å². The first-order valence-electron chi connectivity index (χ1n) is 16.3. The van der Waals surface area contributed by atoms with E-state index in [4.69, 9.17) is 14.5 Å². The van der Waals surface area contributed by atoms with Crippen LogP contribution >= 0.6 is 0 Å². The molecule has 0 bridgehead atoms. The number of aromatic nitrogens is 2. The summed E-state index contributed by atoms with van der Waals surface area (Å²) in [6, 6.07) is 32.8. The van der Waals surface area contributed by atoms with Crippen molar-refractivity contribution in [3.63, 3.8) is 0 Å². The lowest BCUT2D eigenvalue weighted by atomic mass is 9.89. The van der Waals surface area contributed by atoms with E-state index in [0.29, 0.717) is 43.9 Å². The van der Waals surface area contributed by atoms with Crippen LogP contribution in [0.2, 0.25) is 0 Å². The van der Waals surface area contributed by atoms with Gasteiger partial charge in [0.25, 0.3) is 5.69 Å². The van der Waals surface area contributed by atoms with Gasteiger partial charge >= 0.3 is 6.09 Å². The van der Waals surface area contributed by atoms with E-state index >= 15 is 0 Å². The number of fused-ring (bicyclic) bond motifs is 1. The van der Waals surface area contributed by atoms with Crippen molar-refractivity contribution in [1.82, 2.24) is 14.5 Å². The van der Waals surface area contributed by atoms with Gasteiger partial charge < -0.3 is 24.3 Å². The molecule has 5 aromatic rings. The summed E-state index contributed by atoms with van der Waals surface area (Å²) in [7, 11) is 0. The summed E-state index contributed by atoms with van der Waals surface area (Å²) < 4.78 is 14.2. The number of imidazole rings is 1. The average Bonchev–Trinajstić information content (AvgIpc) is 3.45. The van der Waals surface area contributed by atoms with E-state index in [1.165, 1.54) is 11.6 Å². The number of nitro benzene ring substituents is 1. The van der Waals surface area contributed by atoms with Crippen LogP contribution in [0, 0.1) is 16.0 Å². The highest BCUT2D eigenvalue weighted by atomic mass is 16.6. The molecule has 1 aliphatic rings. The van der Waals surface area contributed by atoms with Gasteiger partial charge in [-0.05, 0) is 87.6 Å². The molecular formula is C38H41N5O5. The largest absolute Gasteiger partial charge is 0.491 e. The number of nitrogens with one attached hydrogen (secondary N) is 1. The van der Waals surface area contributed by atoms with E-state index in [0.717, 1.165) is 22.4 Å². The molecule has 4 aromatic carbocycles. The summed E-state index contributed by atoms with van der Waals surface area (Å²) in [6.07, 6.45) is 1.09. The summed E-state index contributed by atoms with van der Waals surface area (Å²) in [5.74, 6) is 1.67. The Balaban J connectivity index is 1.19. The van der Waals surface area contributed by atoms with E-state index in [9.17, 15) is 14.9 Å². The molecule has 1 atom stereocenters. The molecule has 0 saturated carbocycles. The molecule has 1 aliphatic heterocycles. The number of nitrogens with zero attached hydrogens (tertiary/aromatic N) is 4. The SMILES string of the molecule is CC(C)(C)OC(=O)N1CCC([C@@H](COc2ccc(-c3nc4ccccc4n3Cc3ccccc3)cc2)Nc2ccccc2[N+](=O)[O-])CC1. The van der Waals surface area contributed by atoms with Crippen LogP contribution in [-0.2, 0) is 11.3 Å². The fourth-order valence-corrected chi connectivity index (χ4v) is 6.17. The molecule has 10 nitrogen and oxygen atoms in total. The molecule has 48 heavy (non-hydrogen) atoms. The highest BCUT2D eigenvalue weighted by Gasteiger charge is 2.32. The van der Waals surface area contributed by atoms with Crippen LogP contribution in [0.5, 0.6) is 5.75 Å². The Morgan fingerprint density at radius 3 is 2.31 bits per heavy atom. The van der Waals surface area contributed by atoms with Gasteiger partial charge in [0, 0.05) is 31.3 Å². The fourth-order valence-electron chi connectivity index (χ4n) is 6.17. The van der Waals surface area contributed by atoms with Crippen LogP contribution in [0.4, 0.5) is 16.2 Å². The number of para-hydroxylation sites is 4. The number of rotatable bonds is 10. The third-order valence-corrected chi connectivity index (χ3v) is 8.58. The van der Waals surface area contributed by atoms with Crippen molar-refractivity contribution in [2.45, 2.75) is 51.8 Å². The molecule has 1 amide bonds. The molecule has 0 aliphatic carbocycles. The van der Waals surface area contributed by atoms with Gasteiger partial charge in [0.15, 0.2) is 0 Å². The summed E-state index contributed by atoms with van der Waals surface area (Å²) in [5, 5.41) is 15.2. The highest BCUT2D eigenvalue weighted by Crippen LogP contribution is 2.31. The van der Waals surface area contributed by atoms with Crippen molar-refractivity contribution in [2.75, 3.05) is 25.0 Å². The number of hydrogen-bond donors (Lipinski definition) is 1. The monoisotopic (exact) mass is 647 g/mol. The second kappa shape index (κ2) is 14.2. The van der Waals surface area contributed by atoms with Gasteiger partial charge in [0.1, 0.15) is 29.5 Å². The van der Waals surface area contributed by atoms with Crippen molar-refractivity contribution in [3.05, 3.63) is 119 Å². The third-order valence-electron chi connectivity index (χ3n) is 8.58. The topological polar surface area (TPSA) is 112 Å². The molecule has 2 heterocycles. The zero-order valence-corrected chi connectivity index (χ0v) is 27.5. The minimum Gasteiger partial charge on any atom is -0.491 e. The first-order valence-corrected chi connectivity index (χ1v) is 16.3. The molecule has 1 fully saturated rings. The van der Waals surface area contributed by atoms with Gasteiger partial charge in [-0.1, -0.05) is 54.6 Å². The summed E-state index contributed by atoms with van der Waals surface area (Å²) >= 11 is 0. The predicted molar refractivity (Wildman–Crippen MR) is 187 cm³/mol. The lowest BCUT2D eigenvalue weighted by molar-refractivity contribution is -0.384. The molecule has 248 valence electrons. The first-order chi connectivity index (χ1) is 23.1. The Morgan fingerprint density at radius 2 is 1.60 bits per heavy atom. The Morgan fingerprint density at radius 1 is 0.938 bits per heavy atom. The maximum absolute atomic E-state index is 12.7. The molecular weight excluding hydrogens is 606 g/mol. The van der Waals surface area contributed by atoms with Gasteiger partial charge in [-0.25, -0.2) is 9.78 Å². The van der Waals surface area contributed by atoms with Gasteiger partial charge in [-0.2, -0.15) is 0 Å². The van der Waals surface area contributed by atoms with Crippen molar-refractivity contribution >= 4 is 28.5 Å². The van der Waals surface area contributed by atoms with E-state index in [1.807, 2.05) is 81.4 Å². The third kappa shape index (κ3) is 7.76. The van der Waals surface area contributed by atoms with Gasteiger partial charge in [-0.3, -0.25) is 10.1 Å². The van der Waals surface area contributed by atoms with E-state index in [2.05, 4.69) is 28.1 Å².